The van der Waals surface area contributed by atoms with Crippen molar-refractivity contribution >= 4 is 29.5 Å². The number of ketones is 1. The maximum atomic E-state index is 14.0. The molecule has 4 amide bonds. The van der Waals surface area contributed by atoms with Crippen molar-refractivity contribution in [2.24, 2.45) is 11.7 Å². The molecule has 4 aliphatic rings. The van der Waals surface area contributed by atoms with Gasteiger partial charge in [-0.25, -0.2) is 19.6 Å². The first-order chi connectivity index (χ1) is 21.0. The van der Waals surface area contributed by atoms with Gasteiger partial charge in [-0.1, -0.05) is 12.1 Å². The molecule has 236 valence electrons. The fourth-order valence-electron chi connectivity index (χ4n) is 6.84. The third-order valence-corrected chi connectivity index (χ3v) is 8.98. The van der Waals surface area contributed by atoms with Gasteiger partial charge in [-0.15, -0.1) is 0 Å². The number of H-pyrrole nitrogens is 1. The van der Waals surface area contributed by atoms with Crippen molar-refractivity contribution in [3.05, 3.63) is 35.0 Å². The Morgan fingerprint density at radius 1 is 0.977 bits per heavy atom. The number of benzene rings is 1. The predicted molar refractivity (Wildman–Crippen MR) is 161 cm³/mol. The van der Waals surface area contributed by atoms with Gasteiger partial charge in [0, 0.05) is 56.7 Å². The van der Waals surface area contributed by atoms with E-state index in [2.05, 4.69) is 10.2 Å². The number of anilines is 1. The molecule has 3 heterocycles. The van der Waals surface area contributed by atoms with E-state index >= 15 is 0 Å². The molecule has 13 heteroatoms. The summed E-state index contributed by atoms with van der Waals surface area (Å²) in [6.45, 7) is 9.33. The Bertz CT molecular complexity index is 1440. The lowest BCUT2D eigenvalue weighted by Gasteiger charge is -2.38. The summed E-state index contributed by atoms with van der Waals surface area (Å²) in [5, 5.41) is 10.9. The molecule has 1 saturated carbocycles. The van der Waals surface area contributed by atoms with Gasteiger partial charge in [-0.3, -0.25) is 14.7 Å². The van der Waals surface area contributed by atoms with Crippen LogP contribution in [0, 0.1) is 5.92 Å². The predicted octanol–water partition coefficient (Wildman–Crippen LogP) is 3.11. The second-order valence-corrected chi connectivity index (χ2v) is 12.9. The van der Waals surface area contributed by atoms with Crippen LogP contribution < -0.4 is 10.7 Å². The summed E-state index contributed by atoms with van der Waals surface area (Å²) in [5.74, 6) is -0.0696. The summed E-state index contributed by atoms with van der Waals surface area (Å²) < 4.78 is 10.9. The van der Waals surface area contributed by atoms with E-state index in [0.717, 1.165) is 18.5 Å². The highest BCUT2D eigenvalue weighted by atomic mass is 16.6. The molecule has 0 bridgehead atoms. The minimum Gasteiger partial charge on any atom is -0.444 e. The Morgan fingerprint density at radius 2 is 1.64 bits per heavy atom. The summed E-state index contributed by atoms with van der Waals surface area (Å²) >= 11 is 0. The molecule has 0 unspecified atom stereocenters. The van der Waals surface area contributed by atoms with Crippen LogP contribution in [0.25, 0.3) is 11.3 Å². The number of ether oxygens (including phenoxy) is 2. The number of nitrogens with zero attached hydrogens (tertiary/aromatic N) is 5. The number of carbonyl (C=O) groups excluding carboxylic acids is 4. The lowest BCUT2D eigenvalue weighted by molar-refractivity contribution is -0.138. The number of aromatic amines is 1. The van der Waals surface area contributed by atoms with Crippen LogP contribution in [0.4, 0.5) is 15.3 Å². The number of nitrogens with one attached hydrogen (secondary N) is 1. The molecule has 2 aliphatic carbocycles. The summed E-state index contributed by atoms with van der Waals surface area (Å²) in [4.78, 5) is 55.9. The Hall–Kier alpha value is -3.97. The first-order valence-electron chi connectivity index (χ1n) is 15.5. The second-order valence-electron chi connectivity index (χ2n) is 12.9. The highest BCUT2D eigenvalue weighted by Gasteiger charge is 2.41. The van der Waals surface area contributed by atoms with Crippen LogP contribution in [0.1, 0.15) is 74.0 Å². The van der Waals surface area contributed by atoms with Crippen LogP contribution in [0.3, 0.4) is 0 Å². The molecule has 3 N–H and O–H groups in total. The minimum atomic E-state index is -0.659. The molecule has 3 fully saturated rings. The minimum absolute atomic E-state index is 0.0625. The number of piperazine rings is 1. The monoisotopic (exact) mass is 607 g/mol. The normalized spacial score (nSPS) is 22.4. The molecule has 0 spiro atoms. The number of fused-ring (bicyclic) bond motifs is 3. The summed E-state index contributed by atoms with van der Waals surface area (Å²) in [6.07, 6.45) is 2.58. The van der Waals surface area contributed by atoms with E-state index in [1.54, 1.807) is 11.0 Å². The van der Waals surface area contributed by atoms with Crippen LogP contribution in [0.2, 0.25) is 0 Å². The molecule has 13 nitrogen and oxygen atoms in total. The highest BCUT2D eigenvalue weighted by Crippen LogP contribution is 2.46. The number of nitrogens with two attached hydrogens (primary N) is 1. The number of aromatic nitrogens is 2. The van der Waals surface area contributed by atoms with Gasteiger partial charge in [0.15, 0.2) is 5.78 Å². The number of hydrogen-bond donors (Lipinski definition) is 2. The number of hydrazine groups is 1. The van der Waals surface area contributed by atoms with Crippen LogP contribution in [0.5, 0.6) is 0 Å². The molecule has 0 atom stereocenters. The van der Waals surface area contributed by atoms with Crippen molar-refractivity contribution in [3.8, 4) is 11.3 Å². The third-order valence-electron chi connectivity index (χ3n) is 8.98. The number of rotatable bonds is 4. The van der Waals surface area contributed by atoms with E-state index < -0.39 is 11.6 Å². The first-order valence-corrected chi connectivity index (χ1v) is 15.5. The van der Waals surface area contributed by atoms with Crippen molar-refractivity contribution in [1.29, 1.82) is 0 Å². The van der Waals surface area contributed by atoms with Gasteiger partial charge >= 0.3 is 12.1 Å². The zero-order valence-corrected chi connectivity index (χ0v) is 25.6. The molecule has 2 aromatic rings. The number of urea groups is 1. The Kier molecular flexibility index (Phi) is 8.10. The second kappa shape index (κ2) is 11.8. The smallest absolute Gasteiger partial charge is 0.410 e. The lowest BCUT2D eigenvalue weighted by Crippen LogP contribution is -2.54. The molecule has 2 aliphatic heterocycles. The molecule has 44 heavy (non-hydrogen) atoms. The van der Waals surface area contributed by atoms with Gasteiger partial charge in [-0.2, -0.15) is 5.10 Å². The molecule has 1 aromatic heterocycles. The summed E-state index contributed by atoms with van der Waals surface area (Å²) in [6, 6.07) is 4.75. The Morgan fingerprint density at radius 3 is 2.27 bits per heavy atom. The first kappa shape index (κ1) is 30.1. The largest absolute Gasteiger partial charge is 0.444 e. The van der Waals surface area contributed by atoms with Crippen LogP contribution >= 0.6 is 0 Å². The number of amides is 4. The maximum absolute atomic E-state index is 14.0. The van der Waals surface area contributed by atoms with Crippen LogP contribution in [0.15, 0.2) is 18.2 Å². The maximum Gasteiger partial charge on any atom is 0.410 e. The van der Waals surface area contributed by atoms with E-state index in [0.29, 0.717) is 93.4 Å². The van der Waals surface area contributed by atoms with Gasteiger partial charge in [0.2, 0.25) is 5.91 Å². The Balaban J connectivity index is 1.11. The van der Waals surface area contributed by atoms with E-state index in [4.69, 9.17) is 15.2 Å². The van der Waals surface area contributed by atoms with Crippen LogP contribution in [-0.2, 0) is 14.3 Å². The Labute approximate surface area is 256 Å². The summed E-state index contributed by atoms with van der Waals surface area (Å²) in [7, 11) is 0. The van der Waals surface area contributed by atoms with Crippen LogP contribution in [-0.4, -0.2) is 107 Å². The fraction of sp³-hybridized carbons (Fsp3) is 0.581. The zero-order chi connectivity index (χ0) is 31.2. The van der Waals surface area contributed by atoms with Gasteiger partial charge in [-0.05, 0) is 52.5 Å². The molecular weight excluding hydrogens is 566 g/mol. The zero-order valence-electron chi connectivity index (χ0n) is 25.6. The molecular formula is C31H41N7O6. The number of carbonyl (C=O) groups is 4. The quantitative estimate of drug-likeness (QED) is 0.459. The average molecular weight is 608 g/mol. The lowest BCUT2D eigenvalue weighted by atomic mass is 9.78. The van der Waals surface area contributed by atoms with E-state index in [9.17, 15) is 19.2 Å². The van der Waals surface area contributed by atoms with Gasteiger partial charge in [0.25, 0.3) is 0 Å². The van der Waals surface area contributed by atoms with E-state index in [1.807, 2.05) is 42.8 Å². The van der Waals surface area contributed by atoms with Crippen molar-refractivity contribution in [2.75, 3.05) is 57.5 Å². The van der Waals surface area contributed by atoms with Gasteiger partial charge in [0.05, 0.1) is 35.7 Å². The fourth-order valence-corrected chi connectivity index (χ4v) is 6.84. The summed E-state index contributed by atoms with van der Waals surface area (Å²) in [5.41, 5.74) is 8.75. The highest BCUT2D eigenvalue weighted by molar-refractivity contribution is 6.25. The average Bonchev–Trinajstić information content (AvgIpc) is 3.56. The van der Waals surface area contributed by atoms with Crippen molar-refractivity contribution in [1.82, 2.24) is 25.0 Å². The van der Waals surface area contributed by atoms with E-state index in [1.165, 1.54) is 5.01 Å². The van der Waals surface area contributed by atoms with Gasteiger partial charge < -0.3 is 25.0 Å². The molecule has 0 radical (unpaired) electrons. The molecule has 2 saturated heterocycles. The van der Waals surface area contributed by atoms with Crippen molar-refractivity contribution in [2.45, 2.75) is 58.0 Å². The molecule has 6 rings (SSSR count). The van der Waals surface area contributed by atoms with E-state index in [-0.39, 0.29) is 29.6 Å². The topological polar surface area (TPSA) is 154 Å². The van der Waals surface area contributed by atoms with Crippen molar-refractivity contribution in [3.63, 3.8) is 0 Å². The standard InChI is InChI=1S/C31H41N7O6/c1-31(2,3)44-30(42)36-13-11-35(12-14-36)28(40)20-9-7-19(8-10-20)25-24-26(34-33-25)21-5-4-6-22(23(21)27(24)39)38(29(32)41)37-15-17-43-18-16-37/h4-6,19-20H,7-18H2,1-3H3,(H2,32,41)(H,33,34)/t19-,20-. The van der Waals surface area contributed by atoms with Crippen molar-refractivity contribution < 1.29 is 28.7 Å². The third kappa shape index (κ3) is 5.65. The number of morpholine rings is 1. The number of primary amides is 1. The number of hydrogen-bond acceptors (Lipinski definition) is 8. The SMILES string of the molecule is CC(C)(C)OC(=O)N1CCN(C(=O)[C@H]2CC[C@H](c3[nH]nc4c3C(=O)c3c-4cccc3N(C(N)=O)N3CCOCC3)CC2)CC1. The molecule has 1 aromatic carbocycles. The van der Waals surface area contributed by atoms with Gasteiger partial charge in [0.1, 0.15) is 11.3 Å².